The van der Waals surface area contributed by atoms with E-state index in [-0.39, 0.29) is 0 Å². The average Bonchev–Trinajstić information content (AvgIpc) is 2.70. The standard InChI is InChI=1S/C10H10N2S/c11-7-9-8(3-1-5-12-9)10-4-2-6-13-10/h1-6H,7,11H2. The van der Waals surface area contributed by atoms with Crippen molar-refractivity contribution in [3.05, 3.63) is 41.5 Å². The Morgan fingerprint density at radius 2 is 2.23 bits per heavy atom. The van der Waals surface area contributed by atoms with Crippen molar-refractivity contribution in [3.8, 4) is 10.4 Å². The third-order valence-electron chi connectivity index (χ3n) is 1.87. The zero-order valence-corrected chi connectivity index (χ0v) is 7.92. The van der Waals surface area contributed by atoms with Gasteiger partial charge in [-0.3, -0.25) is 4.98 Å². The highest BCUT2D eigenvalue weighted by Crippen LogP contribution is 2.26. The molecule has 0 amide bonds. The Labute approximate surface area is 81.1 Å². The molecular formula is C10H10N2S. The molecule has 66 valence electrons. The van der Waals surface area contributed by atoms with E-state index in [1.54, 1.807) is 17.5 Å². The van der Waals surface area contributed by atoms with E-state index in [0.717, 1.165) is 11.3 Å². The van der Waals surface area contributed by atoms with Crippen LogP contribution in [0, 0.1) is 0 Å². The maximum Gasteiger partial charge on any atom is 0.0625 e. The molecule has 2 N–H and O–H groups in total. The number of rotatable bonds is 2. The van der Waals surface area contributed by atoms with Gasteiger partial charge in [-0.25, -0.2) is 0 Å². The third kappa shape index (κ3) is 1.61. The lowest BCUT2D eigenvalue weighted by atomic mass is 10.1. The fourth-order valence-corrected chi connectivity index (χ4v) is 2.03. The smallest absolute Gasteiger partial charge is 0.0625 e. The van der Waals surface area contributed by atoms with E-state index in [0.29, 0.717) is 6.54 Å². The summed E-state index contributed by atoms with van der Waals surface area (Å²) in [4.78, 5) is 5.46. The summed E-state index contributed by atoms with van der Waals surface area (Å²) < 4.78 is 0. The summed E-state index contributed by atoms with van der Waals surface area (Å²) in [6.07, 6.45) is 1.78. The largest absolute Gasteiger partial charge is 0.325 e. The van der Waals surface area contributed by atoms with Crippen LogP contribution in [0.15, 0.2) is 35.8 Å². The molecule has 0 unspecified atom stereocenters. The number of nitrogens with two attached hydrogens (primary N) is 1. The van der Waals surface area contributed by atoms with Crippen molar-refractivity contribution in [1.29, 1.82) is 0 Å². The molecule has 2 rings (SSSR count). The lowest BCUT2D eigenvalue weighted by molar-refractivity contribution is 0.995. The van der Waals surface area contributed by atoms with E-state index in [1.807, 2.05) is 12.1 Å². The predicted molar refractivity (Wildman–Crippen MR) is 55.4 cm³/mol. The minimum Gasteiger partial charge on any atom is -0.325 e. The van der Waals surface area contributed by atoms with E-state index < -0.39 is 0 Å². The van der Waals surface area contributed by atoms with Gasteiger partial charge in [0.1, 0.15) is 0 Å². The van der Waals surface area contributed by atoms with Crippen LogP contribution in [-0.4, -0.2) is 4.98 Å². The second kappa shape index (κ2) is 3.68. The predicted octanol–water partition coefficient (Wildman–Crippen LogP) is 2.27. The van der Waals surface area contributed by atoms with Crippen LogP contribution in [0.1, 0.15) is 5.69 Å². The fraction of sp³-hybridized carbons (Fsp3) is 0.100. The molecule has 3 heteroatoms. The van der Waals surface area contributed by atoms with Gasteiger partial charge in [0.05, 0.1) is 5.69 Å². The molecule has 0 saturated carbocycles. The molecule has 0 saturated heterocycles. The average molecular weight is 190 g/mol. The van der Waals surface area contributed by atoms with Crippen molar-refractivity contribution in [1.82, 2.24) is 4.98 Å². The first-order valence-corrected chi connectivity index (χ1v) is 4.97. The van der Waals surface area contributed by atoms with Crippen LogP contribution in [0.25, 0.3) is 10.4 Å². The molecule has 0 atom stereocenters. The Hall–Kier alpha value is -1.19. The zero-order valence-electron chi connectivity index (χ0n) is 7.10. The second-order valence-electron chi connectivity index (χ2n) is 2.68. The van der Waals surface area contributed by atoms with Crippen LogP contribution in [0.4, 0.5) is 0 Å². The first-order valence-electron chi connectivity index (χ1n) is 4.09. The van der Waals surface area contributed by atoms with Crippen LogP contribution < -0.4 is 5.73 Å². The zero-order chi connectivity index (χ0) is 9.10. The number of pyridine rings is 1. The van der Waals surface area contributed by atoms with Gasteiger partial charge in [-0.05, 0) is 17.5 Å². The highest BCUT2D eigenvalue weighted by Gasteiger charge is 2.03. The Morgan fingerprint density at radius 1 is 1.31 bits per heavy atom. The van der Waals surface area contributed by atoms with Crippen LogP contribution in [0.5, 0.6) is 0 Å². The molecule has 13 heavy (non-hydrogen) atoms. The molecule has 2 nitrogen and oxygen atoms in total. The Balaban J connectivity index is 2.51. The lowest BCUT2D eigenvalue weighted by Gasteiger charge is -2.02. The Morgan fingerprint density at radius 3 is 2.92 bits per heavy atom. The Bertz CT molecular complexity index is 382. The number of thiophene rings is 1. The van der Waals surface area contributed by atoms with Crippen molar-refractivity contribution in [3.63, 3.8) is 0 Å². The minimum atomic E-state index is 0.494. The fourth-order valence-electron chi connectivity index (χ4n) is 1.26. The maximum absolute atomic E-state index is 5.60. The van der Waals surface area contributed by atoms with Crippen LogP contribution >= 0.6 is 11.3 Å². The maximum atomic E-state index is 5.60. The monoisotopic (exact) mass is 190 g/mol. The molecule has 0 aromatic carbocycles. The van der Waals surface area contributed by atoms with Gasteiger partial charge in [-0.15, -0.1) is 11.3 Å². The SMILES string of the molecule is NCc1ncccc1-c1cccs1. The van der Waals surface area contributed by atoms with Crippen molar-refractivity contribution >= 4 is 11.3 Å². The van der Waals surface area contributed by atoms with E-state index in [9.17, 15) is 0 Å². The van der Waals surface area contributed by atoms with E-state index in [4.69, 9.17) is 5.73 Å². The van der Waals surface area contributed by atoms with Crippen molar-refractivity contribution in [2.24, 2.45) is 5.73 Å². The van der Waals surface area contributed by atoms with Gasteiger partial charge in [-0.2, -0.15) is 0 Å². The summed E-state index contributed by atoms with van der Waals surface area (Å²) in [6.45, 7) is 0.494. The van der Waals surface area contributed by atoms with E-state index >= 15 is 0 Å². The molecule has 0 bridgehead atoms. The highest BCUT2D eigenvalue weighted by atomic mass is 32.1. The summed E-state index contributed by atoms with van der Waals surface area (Å²) in [6, 6.07) is 8.11. The van der Waals surface area contributed by atoms with E-state index in [1.165, 1.54) is 4.88 Å². The van der Waals surface area contributed by atoms with Crippen LogP contribution in [0.2, 0.25) is 0 Å². The van der Waals surface area contributed by atoms with Gasteiger partial charge in [0.15, 0.2) is 0 Å². The summed E-state index contributed by atoms with van der Waals surface area (Å²) in [5.41, 5.74) is 7.71. The number of nitrogens with zero attached hydrogens (tertiary/aromatic N) is 1. The molecule has 0 fully saturated rings. The molecule has 0 aliphatic rings. The van der Waals surface area contributed by atoms with Gasteiger partial charge in [-0.1, -0.05) is 12.1 Å². The summed E-state index contributed by atoms with van der Waals surface area (Å²) in [5.74, 6) is 0. The van der Waals surface area contributed by atoms with Crippen LogP contribution in [0.3, 0.4) is 0 Å². The van der Waals surface area contributed by atoms with Gasteiger partial charge >= 0.3 is 0 Å². The molecule has 0 aliphatic heterocycles. The molecule has 0 radical (unpaired) electrons. The summed E-state index contributed by atoms with van der Waals surface area (Å²) in [7, 11) is 0. The van der Waals surface area contributed by atoms with Gasteiger partial charge in [0, 0.05) is 23.2 Å². The molecule has 2 heterocycles. The van der Waals surface area contributed by atoms with Gasteiger partial charge < -0.3 is 5.73 Å². The van der Waals surface area contributed by atoms with Crippen LogP contribution in [-0.2, 0) is 6.54 Å². The minimum absolute atomic E-state index is 0.494. The molecule has 0 aliphatic carbocycles. The number of hydrogen-bond donors (Lipinski definition) is 1. The normalized spacial score (nSPS) is 10.2. The number of hydrogen-bond acceptors (Lipinski definition) is 3. The first kappa shape index (κ1) is 8.41. The highest BCUT2D eigenvalue weighted by molar-refractivity contribution is 7.13. The van der Waals surface area contributed by atoms with E-state index in [2.05, 4.69) is 22.5 Å². The molecule has 2 aromatic rings. The lowest BCUT2D eigenvalue weighted by Crippen LogP contribution is -2.00. The summed E-state index contributed by atoms with van der Waals surface area (Å²) in [5, 5.41) is 2.06. The second-order valence-corrected chi connectivity index (χ2v) is 3.63. The molecular weight excluding hydrogens is 180 g/mol. The summed E-state index contributed by atoms with van der Waals surface area (Å²) >= 11 is 1.71. The van der Waals surface area contributed by atoms with Gasteiger partial charge in [0.25, 0.3) is 0 Å². The van der Waals surface area contributed by atoms with Gasteiger partial charge in [0.2, 0.25) is 0 Å². The molecule has 0 spiro atoms. The third-order valence-corrected chi connectivity index (χ3v) is 2.77. The van der Waals surface area contributed by atoms with Crippen molar-refractivity contribution in [2.45, 2.75) is 6.54 Å². The van der Waals surface area contributed by atoms with Crippen molar-refractivity contribution < 1.29 is 0 Å². The van der Waals surface area contributed by atoms with Crippen molar-refractivity contribution in [2.75, 3.05) is 0 Å². The Kier molecular flexibility index (Phi) is 2.38. The first-order chi connectivity index (χ1) is 6.42. The molecule has 2 aromatic heterocycles. The topological polar surface area (TPSA) is 38.9 Å². The quantitative estimate of drug-likeness (QED) is 0.789. The number of aromatic nitrogens is 1.